The number of aliphatic carboxylic acids is 1. The smallest absolute Gasteiger partial charge is 0.322 e. The lowest BCUT2D eigenvalue weighted by Crippen LogP contribution is -2.49. The van der Waals surface area contributed by atoms with Crippen molar-refractivity contribution < 1.29 is 9.90 Å². The predicted octanol–water partition coefficient (Wildman–Crippen LogP) is -0.672. The molecule has 1 fully saturated rings. The highest BCUT2D eigenvalue weighted by molar-refractivity contribution is 5.73. The van der Waals surface area contributed by atoms with Gasteiger partial charge in [-0.05, 0) is 12.8 Å². The molecule has 52 valence electrons. The van der Waals surface area contributed by atoms with E-state index >= 15 is 0 Å². The van der Waals surface area contributed by atoms with Crippen molar-refractivity contribution in [3.63, 3.8) is 0 Å². The number of carboxylic acid groups (broad SMARTS) is 1. The molecule has 1 saturated heterocycles. The summed E-state index contributed by atoms with van der Waals surface area (Å²) in [5.41, 5.74) is 5.45. The van der Waals surface area contributed by atoms with Crippen molar-refractivity contribution in [1.29, 1.82) is 0 Å². The van der Waals surface area contributed by atoms with Gasteiger partial charge in [-0.25, -0.2) is 5.43 Å². The van der Waals surface area contributed by atoms with E-state index in [4.69, 9.17) is 5.11 Å². The largest absolute Gasteiger partial charge is 0.480 e. The Kier molecular flexibility index (Phi) is 2.02. The molecular formula is C5H10N2O2. The Morgan fingerprint density at radius 1 is 1.67 bits per heavy atom. The number of rotatable bonds is 1. The molecule has 1 aliphatic rings. The van der Waals surface area contributed by atoms with Crippen LogP contribution in [-0.4, -0.2) is 23.7 Å². The third kappa shape index (κ3) is 1.65. The molecule has 1 atom stereocenters. The second-order valence-corrected chi connectivity index (χ2v) is 2.10. The van der Waals surface area contributed by atoms with Gasteiger partial charge < -0.3 is 5.11 Å². The van der Waals surface area contributed by atoms with Gasteiger partial charge in [0.15, 0.2) is 0 Å². The molecule has 3 N–H and O–H groups in total. The van der Waals surface area contributed by atoms with Gasteiger partial charge in [0.05, 0.1) is 0 Å². The zero-order valence-corrected chi connectivity index (χ0v) is 5.05. The third-order valence-electron chi connectivity index (χ3n) is 1.37. The Morgan fingerprint density at radius 3 is 2.78 bits per heavy atom. The summed E-state index contributed by atoms with van der Waals surface area (Å²) in [4.78, 5) is 10.3. The molecule has 1 rings (SSSR count). The van der Waals surface area contributed by atoms with Crippen LogP contribution in [0.1, 0.15) is 12.8 Å². The number of nitrogens with one attached hydrogen (secondary N) is 2. The fourth-order valence-electron chi connectivity index (χ4n) is 0.847. The predicted molar refractivity (Wildman–Crippen MR) is 31.8 cm³/mol. The number of hydrogen-bond acceptors (Lipinski definition) is 3. The first-order chi connectivity index (χ1) is 4.30. The van der Waals surface area contributed by atoms with E-state index in [1.165, 1.54) is 0 Å². The maximum Gasteiger partial charge on any atom is 0.322 e. The summed E-state index contributed by atoms with van der Waals surface area (Å²) >= 11 is 0. The molecule has 1 heterocycles. The summed E-state index contributed by atoms with van der Waals surface area (Å²) in [7, 11) is 0. The minimum atomic E-state index is -0.776. The normalized spacial score (nSPS) is 27.8. The summed E-state index contributed by atoms with van der Waals surface area (Å²) in [6, 6.07) is -0.390. The maximum atomic E-state index is 10.3. The standard InChI is InChI=1S/C5H10N2O2/c8-5(9)4-2-1-3-6-7-4/h4,6-7H,1-3H2,(H,8,9)/t4-/m0/s1/i6+1,7+1. The van der Waals surface area contributed by atoms with Crippen LogP contribution in [-0.2, 0) is 4.79 Å². The Morgan fingerprint density at radius 2 is 2.44 bits per heavy atom. The highest BCUT2D eigenvalue weighted by Gasteiger charge is 2.18. The average molecular weight is 132 g/mol. The summed E-state index contributed by atoms with van der Waals surface area (Å²) < 4.78 is 0. The van der Waals surface area contributed by atoms with Crippen LogP contribution in [0.3, 0.4) is 0 Å². The van der Waals surface area contributed by atoms with Gasteiger partial charge in [0.1, 0.15) is 6.04 Å². The van der Waals surface area contributed by atoms with Crippen LogP contribution in [0, 0.1) is 0 Å². The molecule has 0 aromatic carbocycles. The van der Waals surface area contributed by atoms with Crippen LogP contribution in [0.5, 0.6) is 0 Å². The number of hydrogen-bond donors (Lipinski definition) is 3. The summed E-state index contributed by atoms with van der Waals surface area (Å²) in [5.74, 6) is -0.776. The van der Waals surface area contributed by atoms with Crippen molar-refractivity contribution in [2.45, 2.75) is 18.9 Å². The molecule has 0 aliphatic carbocycles. The van der Waals surface area contributed by atoms with Crippen molar-refractivity contribution in [1.82, 2.24) is 10.9 Å². The minimum Gasteiger partial charge on any atom is -0.480 e. The lowest BCUT2D eigenvalue weighted by Gasteiger charge is -2.19. The molecular weight excluding hydrogens is 122 g/mol. The monoisotopic (exact) mass is 132 g/mol. The van der Waals surface area contributed by atoms with Gasteiger partial charge in [-0.15, -0.1) is 0 Å². The van der Waals surface area contributed by atoms with E-state index in [2.05, 4.69) is 10.9 Å². The van der Waals surface area contributed by atoms with Gasteiger partial charge in [-0.2, -0.15) is 0 Å². The summed E-state index contributed by atoms with van der Waals surface area (Å²) in [6.07, 6.45) is 1.66. The molecule has 0 amide bonds. The van der Waals surface area contributed by atoms with Gasteiger partial charge in [-0.3, -0.25) is 10.2 Å². The van der Waals surface area contributed by atoms with Crippen LogP contribution < -0.4 is 10.9 Å². The molecule has 0 aromatic heterocycles. The Hall–Kier alpha value is -0.610. The van der Waals surface area contributed by atoms with Crippen molar-refractivity contribution in [2.75, 3.05) is 6.54 Å². The van der Waals surface area contributed by atoms with Crippen LogP contribution in [0.4, 0.5) is 0 Å². The fraction of sp³-hybridized carbons (Fsp3) is 0.800. The van der Waals surface area contributed by atoms with E-state index in [-0.39, 0.29) is 0 Å². The van der Waals surface area contributed by atoms with Crippen molar-refractivity contribution >= 4 is 5.97 Å². The highest BCUT2D eigenvalue weighted by atomic mass is 16.4. The van der Waals surface area contributed by atoms with E-state index in [0.29, 0.717) is 0 Å². The minimum absolute atomic E-state index is 0.390. The first-order valence-electron chi connectivity index (χ1n) is 3.02. The number of carboxylic acids is 1. The third-order valence-corrected chi connectivity index (χ3v) is 1.37. The quantitative estimate of drug-likeness (QED) is 0.414. The van der Waals surface area contributed by atoms with E-state index in [0.717, 1.165) is 19.4 Å². The molecule has 4 heteroatoms. The number of hydrazine groups is 1. The zero-order valence-electron chi connectivity index (χ0n) is 5.05. The van der Waals surface area contributed by atoms with Crippen LogP contribution in [0.25, 0.3) is 0 Å². The van der Waals surface area contributed by atoms with Gasteiger partial charge in [0, 0.05) is 6.54 Å². The molecule has 4 nitrogen and oxygen atoms in total. The average Bonchev–Trinajstić information content (AvgIpc) is 1.90. The SMILES string of the molecule is O=C(O)[C@@H]1CCC[15NH][15NH]1. The lowest BCUT2D eigenvalue weighted by molar-refractivity contribution is -0.140. The summed E-state index contributed by atoms with van der Waals surface area (Å²) in [5, 5.41) is 8.44. The molecule has 0 unspecified atom stereocenters. The van der Waals surface area contributed by atoms with Crippen LogP contribution in [0.2, 0.25) is 0 Å². The first kappa shape index (κ1) is 6.51. The maximum absolute atomic E-state index is 10.3. The van der Waals surface area contributed by atoms with E-state index < -0.39 is 12.0 Å². The second kappa shape index (κ2) is 2.80. The van der Waals surface area contributed by atoms with Crippen molar-refractivity contribution in [2.24, 2.45) is 0 Å². The van der Waals surface area contributed by atoms with Crippen molar-refractivity contribution in [3.8, 4) is 0 Å². The molecule has 0 saturated carbocycles. The van der Waals surface area contributed by atoms with Gasteiger partial charge in [0.25, 0.3) is 0 Å². The van der Waals surface area contributed by atoms with E-state index in [1.54, 1.807) is 0 Å². The van der Waals surface area contributed by atoms with Crippen LogP contribution in [0.15, 0.2) is 0 Å². The Labute approximate surface area is 53.2 Å². The van der Waals surface area contributed by atoms with Crippen molar-refractivity contribution in [3.05, 3.63) is 0 Å². The van der Waals surface area contributed by atoms with Gasteiger partial charge >= 0.3 is 5.97 Å². The van der Waals surface area contributed by atoms with E-state index in [1.807, 2.05) is 0 Å². The topological polar surface area (TPSA) is 61.4 Å². The zero-order chi connectivity index (χ0) is 6.69. The molecule has 0 aromatic rings. The van der Waals surface area contributed by atoms with E-state index in [9.17, 15) is 4.79 Å². The molecule has 0 spiro atoms. The van der Waals surface area contributed by atoms with Gasteiger partial charge in [0.2, 0.25) is 0 Å². The number of carbonyl (C=O) groups is 1. The molecule has 1 aliphatic heterocycles. The summed E-state index contributed by atoms with van der Waals surface area (Å²) in [6.45, 7) is 0.865. The Balaban J connectivity index is 2.31. The van der Waals surface area contributed by atoms with Gasteiger partial charge in [-0.1, -0.05) is 0 Å². The molecule has 0 radical (unpaired) electrons. The first-order valence-corrected chi connectivity index (χ1v) is 3.02. The molecule has 0 bridgehead atoms. The molecule has 9 heavy (non-hydrogen) atoms. The highest BCUT2D eigenvalue weighted by Crippen LogP contribution is 1.98. The van der Waals surface area contributed by atoms with Crippen LogP contribution >= 0.6 is 0 Å². The fourth-order valence-corrected chi connectivity index (χ4v) is 0.847. The Bertz CT molecular complexity index is 110. The lowest BCUT2D eigenvalue weighted by atomic mass is 10.2. The second-order valence-electron chi connectivity index (χ2n) is 2.10.